The summed E-state index contributed by atoms with van der Waals surface area (Å²) in [6.07, 6.45) is 0. The van der Waals surface area contributed by atoms with Crippen LogP contribution < -0.4 is 10.6 Å². The van der Waals surface area contributed by atoms with Crippen LogP contribution in [0.15, 0.2) is 0 Å². The molecule has 0 unspecified atom stereocenters. The first-order valence-corrected chi connectivity index (χ1v) is 7.93. The van der Waals surface area contributed by atoms with Crippen LogP contribution in [0.5, 0.6) is 0 Å². The van der Waals surface area contributed by atoms with Crippen LogP contribution in [0.4, 0.5) is 0 Å². The van der Waals surface area contributed by atoms with Gasteiger partial charge in [-0.25, -0.2) is 4.79 Å². The fourth-order valence-corrected chi connectivity index (χ4v) is 2.39. The summed E-state index contributed by atoms with van der Waals surface area (Å²) in [5.41, 5.74) is 0. The van der Waals surface area contributed by atoms with Crippen LogP contribution in [0, 0.1) is 17.8 Å². The van der Waals surface area contributed by atoms with Gasteiger partial charge in [0.2, 0.25) is 11.8 Å². The van der Waals surface area contributed by atoms with Crippen LogP contribution in [0.1, 0.15) is 27.7 Å². The zero-order chi connectivity index (χ0) is 20.6. The maximum absolute atomic E-state index is 12.4. The van der Waals surface area contributed by atoms with E-state index in [0.717, 1.165) is 14.2 Å². The van der Waals surface area contributed by atoms with Gasteiger partial charge in [-0.05, 0) is 5.92 Å². The first-order valence-electron chi connectivity index (χ1n) is 7.93. The fourth-order valence-electron chi connectivity index (χ4n) is 2.39. The smallest absolute Gasteiger partial charge is 0.326 e. The number of carbonyl (C=O) groups is 5. The molecule has 10 heteroatoms. The van der Waals surface area contributed by atoms with Gasteiger partial charge in [0.25, 0.3) is 0 Å². The van der Waals surface area contributed by atoms with E-state index in [0.29, 0.717) is 0 Å². The van der Waals surface area contributed by atoms with E-state index in [1.165, 1.54) is 13.8 Å². The molecule has 26 heavy (non-hydrogen) atoms. The molecule has 0 saturated carbocycles. The van der Waals surface area contributed by atoms with Gasteiger partial charge < -0.3 is 25.2 Å². The van der Waals surface area contributed by atoms with Crippen molar-refractivity contribution in [2.24, 2.45) is 17.8 Å². The highest BCUT2D eigenvalue weighted by Crippen LogP contribution is 2.20. The molecule has 0 aromatic carbocycles. The van der Waals surface area contributed by atoms with Gasteiger partial charge in [-0.15, -0.1) is 0 Å². The lowest BCUT2D eigenvalue weighted by Gasteiger charge is -2.28. The summed E-state index contributed by atoms with van der Waals surface area (Å²) < 4.78 is 9.05. The minimum Gasteiger partial charge on any atom is -0.480 e. The standard InChI is InChI=1S/C16H26N2O8/c1-7(2)11(17-9(4)19)13(20)18-12(14(21)22)8(3)10(15(23)25-5)16(24)26-6/h7-8,10-12H,1-6H3,(H,17,19)(H,18,20)(H,21,22)/t8-,11-,12-/m1/s1. The second kappa shape index (κ2) is 10.4. The summed E-state index contributed by atoms with van der Waals surface area (Å²) in [5.74, 6) is -7.64. The lowest BCUT2D eigenvalue weighted by atomic mass is 9.87. The largest absolute Gasteiger partial charge is 0.480 e. The Hall–Kier alpha value is -2.65. The molecule has 0 heterocycles. The van der Waals surface area contributed by atoms with Crippen LogP contribution in [0.25, 0.3) is 0 Å². The number of methoxy groups -OCH3 is 2. The monoisotopic (exact) mass is 374 g/mol. The van der Waals surface area contributed by atoms with Gasteiger partial charge in [-0.1, -0.05) is 20.8 Å². The van der Waals surface area contributed by atoms with Crippen molar-refractivity contribution in [3.05, 3.63) is 0 Å². The number of rotatable bonds is 9. The molecule has 3 N–H and O–H groups in total. The fraction of sp³-hybridized carbons (Fsp3) is 0.688. The van der Waals surface area contributed by atoms with Crippen molar-refractivity contribution in [3.8, 4) is 0 Å². The molecular formula is C16H26N2O8. The Labute approximate surface area is 151 Å². The maximum atomic E-state index is 12.4. The van der Waals surface area contributed by atoms with Crippen LogP contribution in [0.2, 0.25) is 0 Å². The molecule has 0 aromatic heterocycles. The second-order valence-electron chi connectivity index (χ2n) is 6.13. The van der Waals surface area contributed by atoms with E-state index in [-0.39, 0.29) is 5.92 Å². The maximum Gasteiger partial charge on any atom is 0.326 e. The molecule has 0 aliphatic heterocycles. The molecule has 0 aliphatic rings. The molecule has 0 aromatic rings. The Bertz CT molecular complexity index is 544. The lowest BCUT2D eigenvalue weighted by Crippen LogP contribution is -2.56. The first kappa shape index (κ1) is 23.4. The van der Waals surface area contributed by atoms with Crippen molar-refractivity contribution in [2.75, 3.05) is 14.2 Å². The number of nitrogens with one attached hydrogen (secondary N) is 2. The number of hydrogen-bond donors (Lipinski definition) is 3. The zero-order valence-electron chi connectivity index (χ0n) is 15.7. The molecule has 0 bridgehead atoms. The third-order valence-corrected chi connectivity index (χ3v) is 3.83. The summed E-state index contributed by atoms with van der Waals surface area (Å²) in [7, 11) is 2.09. The molecular weight excluding hydrogens is 348 g/mol. The van der Waals surface area contributed by atoms with E-state index in [4.69, 9.17) is 0 Å². The van der Waals surface area contributed by atoms with Crippen molar-refractivity contribution < 1.29 is 38.6 Å². The Morgan fingerprint density at radius 3 is 1.62 bits per heavy atom. The third kappa shape index (κ3) is 6.34. The molecule has 148 valence electrons. The van der Waals surface area contributed by atoms with Crippen molar-refractivity contribution in [2.45, 2.75) is 39.8 Å². The predicted octanol–water partition coefficient (Wildman–Crippen LogP) is -0.685. The average Bonchev–Trinajstić information content (AvgIpc) is 2.55. The minimum atomic E-state index is -1.58. The quantitative estimate of drug-likeness (QED) is 0.355. The van der Waals surface area contributed by atoms with Gasteiger partial charge in [0, 0.05) is 12.8 Å². The van der Waals surface area contributed by atoms with Crippen molar-refractivity contribution in [1.82, 2.24) is 10.6 Å². The highest BCUT2D eigenvalue weighted by molar-refractivity contribution is 5.97. The molecule has 0 spiro atoms. The minimum absolute atomic E-state index is 0.319. The van der Waals surface area contributed by atoms with Gasteiger partial charge in [-0.3, -0.25) is 19.2 Å². The molecule has 0 radical (unpaired) electrons. The SMILES string of the molecule is COC(=O)C(C(=O)OC)[C@@H](C)[C@@H](NC(=O)[C@H](NC(C)=O)C(C)C)C(=O)O. The number of aliphatic carboxylic acids is 1. The molecule has 2 amide bonds. The molecule has 10 nitrogen and oxygen atoms in total. The molecule has 0 fully saturated rings. The van der Waals surface area contributed by atoms with Crippen LogP contribution in [-0.2, 0) is 33.4 Å². The number of carboxylic acid groups (broad SMARTS) is 1. The zero-order valence-corrected chi connectivity index (χ0v) is 15.7. The number of carboxylic acids is 1. The first-order chi connectivity index (χ1) is 12.0. The van der Waals surface area contributed by atoms with E-state index in [1.54, 1.807) is 13.8 Å². The number of esters is 2. The normalized spacial score (nSPS) is 14.2. The topological polar surface area (TPSA) is 148 Å². The second-order valence-corrected chi connectivity index (χ2v) is 6.13. The Balaban J connectivity index is 5.59. The number of hydrogen-bond acceptors (Lipinski definition) is 7. The van der Waals surface area contributed by atoms with Gasteiger partial charge in [0.05, 0.1) is 14.2 Å². The summed E-state index contributed by atoms with van der Waals surface area (Å²) in [5, 5.41) is 14.2. The van der Waals surface area contributed by atoms with Crippen LogP contribution >= 0.6 is 0 Å². The van der Waals surface area contributed by atoms with Gasteiger partial charge in [0.1, 0.15) is 12.1 Å². The van der Waals surface area contributed by atoms with E-state index in [2.05, 4.69) is 20.1 Å². The van der Waals surface area contributed by atoms with Crippen molar-refractivity contribution in [3.63, 3.8) is 0 Å². The van der Waals surface area contributed by atoms with Gasteiger partial charge in [-0.2, -0.15) is 0 Å². The van der Waals surface area contributed by atoms with Gasteiger partial charge >= 0.3 is 17.9 Å². The van der Waals surface area contributed by atoms with E-state index >= 15 is 0 Å². The van der Waals surface area contributed by atoms with Crippen molar-refractivity contribution >= 4 is 29.7 Å². The van der Waals surface area contributed by atoms with Crippen LogP contribution in [-0.4, -0.2) is 61.1 Å². The summed E-state index contributed by atoms with van der Waals surface area (Å²) >= 11 is 0. The summed E-state index contributed by atoms with van der Waals surface area (Å²) in [6.45, 7) is 5.88. The Kier molecular flexibility index (Phi) is 9.31. The Morgan fingerprint density at radius 1 is 0.846 bits per heavy atom. The van der Waals surface area contributed by atoms with E-state index in [1.807, 2.05) is 0 Å². The number of amides is 2. The lowest BCUT2D eigenvalue weighted by molar-refractivity contribution is -0.163. The number of ether oxygens (including phenoxy) is 2. The highest BCUT2D eigenvalue weighted by atomic mass is 16.5. The highest BCUT2D eigenvalue weighted by Gasteiger charge is 2.42. The summed E-state index contributed by atoms with van der Waals surface area (Å²) in [6, 6.07) is -2.56. The predicted molar refractivity (Wildman–Crippen MR) is 88.7 cm³/mol. The van der Waals surface area contributed by atoms with Crippen LogP contribution in [0.3, 0.4) is 0 Å². The molecule has 0 saturated heterocycles. The average molecular weight is 374 g/mol. The molecule has 0 rings (SSSR count). The van der Waals surface area contributed by atoms with Crippen molar-refractivity contribution in [1.29, 1.82) is 0 Å². The molecule has 3 atom stereocenters. The number of carbonyl (C=O) groups excluding carboxylic acids is 4. The van der Waals surface area contributed by atoms with Gasteiger partial charge in [0.15, 0.2) is 5.92 Å². The summed E-state index contributed by atoms with van der Waals surface area (Å²) in [4.78, 5) is 59.0. The third-order valence-electron chi connectivity index (χ3n) is 3.83. The van der Waals surface area contributed by atoms with E-state index in [9.17, 15) is 29.1 Å². The Morgan fingerprint density at radius 2 is 1.31 bits per heavy atom. The molecule has 0 aliphatic carbocycles. The van der Waals surface area contributed by atoms with E-state index < -0.39 is 53.6 Å².